The first-order chi connectivity index (χ1) is 9.19. The zero-order chi connectivity index (χ0) is 14.1. The molecule has 19 heavy (non-hydrogen) atoms. The number of rotatable bonds is 9. The number of hydrogen-bond acceptors (Lipinski definition) is 3. The molecule has 1 aromatic carbocycles. The SMILES string of the molecule is CCSCCCOc1c(F)cccc1CC(N)CC. The number of thioether (sulfide) groups is 1. The van der Waals surface area contributed by atoms with Crippen LogP contribution >= 0.6 is 11.8 Å². The van der Waals surface area contributed by atoms with Crippen molar-refractivity contribution in [3.8, 4) is 5.75 Å². The molecule has 1 unspecified atom stereocenters. The highest BCUT2D eigenvalue weighted by molar-refractivity contribution is 7.99. The van der Waals surface area contributed by atoms with Gasteiger partial charge in [0.05, 0.1) is 6.61 Å². The molecule has 0 spiro atoms. The van der Waals surface area contributed by atoms with Gasteiger partial charge in [0.15, 0.2) is 11.6 Å². The summed E-state index contributed by atoms with van der Waals surface area (Å²) in [5.74, 6) is 2.25. The zero-order valence-corrected chi connectivity index (χ0v) is 12.6. The molecular formula is C15H24FNOS. The predicted molar refractivity (Wildman–Crippen MR) is 81.5 cm³/mol. The van der Waals surface area contributed by atoms with Crippen LogP contribution in [0.5, 0.6) is 5.75 Å². The highest BCUT2D eigenvalue weighted by atomic mass is 32.2. The van der Waals surface area contributed by atoms with Gasteiger partial charge in [0.25, 0.3) is 0 Å². The van der Waals surface area contributed by atoms with Crippen molar-refractivity contribution >= 4 is 11.8 Å². The van der Waals surface area contributed by atoms with Gasteiger partial charge < -0.3 is 10.5 Å². The molecule has 2 nitrogen and oxygen atoms in total. The number of ether oxygens (including phenoxy) is 1. The van der Waals surface area contributed by atoms with E-state index < -0.39 is 0 Å². The summed E-state index contributed by atoms with van der Waals surface area (Å²) in [6.07, 6.45) is 2.47. The topological polar surface area (TPSA) is 35.2 Å². The van der Waals surface area contributed by atoms with E-state index in [9.17, 15) is 4.39 Å². The van der Waals surface area contributed by atoms with Gasteiger partial charge in [-0.25, -0.2) is 4.39 Å². The molecule has 0 aliphatic heterocycles. The van der Waals surface area contributed by atoms with Gasteiger partial charge in [-0.15, -0.1) is 0 Å². The summed E-state index contributed by atoms with van der Waals surface area (Å²) < 4.78 is 19.4. The maximum absolute atomic E-state index is 13.8. The van der Waals surface area contributed by atoms with Crippen LogP contribution in [0.1, 0.15) is 32.3 Å². The van der Waals surface area contributed by atoms with Crippen molar-refractivity contribution in [3.63, 3.8) is 0 Å². The molecule has 2 N–H and O–H groups in total. The summed E-state index contributed by atoms with van der Waals surface area (Å²) in [4.78, 5) is 0. The summed E-state index contributed by atoms with van der Waals surface area (Å²) in [7, 11) is 0. The maximum atomic E-state index is 13.8. The standard InChI is InChI=1S/C15H24FNOS/c1-3-13(17)11-12-7-5-8-14(16)15(12)18-9-6-10-19-4-2/h5,7-8,13H,3-4,6,9-11,17H2,1-2H3. The van der Waals surface area contributed by atoms with Gasteiger partial charge >= 0.3 is 0 Å². The Morgan fingerprint density at radius 3 is 2.84 bits per heavy atom. The van der Waals surface area contributed by atoms with E-state index in [4.69, 9.17) is 10.5 Å². The molecule has 0 bridgehead atoms. The number of halogens is 1. The number of benzene rings is 1. The fourth-order valence-corrected chi connectivity index (χ4v) is 2.39. The second kappa shape index (κ2) is 9.21. The van der Waals surface area contributed by atoms with Crippen LogP contribution in [0.4, 0.5) is 4.39 Å². The van der Waals surface area contributed by atoms with Crippen molar-refractivity contribution in [2.75, 3.05) is 18.1 Å². The Morgan fingerprint density at radius 2 is 2.16 bits per heavy atom. The minimum absolute atomic E-state index is 0.0554. The molecule has 4 heteroatoms. The summed E-state index contributed by atoms with van der Waals surface area (Å²) in [6.45, 7) is 4.72. The Balaban J connectivity index is 2.59. The minimum Gasteiger partial charge on any atom is -0.490 e. The van der Waals surface area contributed by atoms with Crippen LogP contribution in [0.2, 0.25) is 0 Å². The van der Waals surface area contributed by atoms with Gasteiger partial charge in [-0.3, -0.25) is 0 Å². The molecule has 0 saturated heterocycles. The Bertz CT molecular complexity index is 373. The van der Waals surface area contributed by atoms with Crippen LogP contribution in [-0.2, 0) is 6.42 Å². The maximum Gasteiger partial charge on any atom is 0.165 e. The average molecular weight is 285 g/mol. The average Bonchev–Trinajstić information content (AvgIpc) is 2.41. The van der Waals surface area contributed by atoms with E-state index in [1.165, 1.54) is 6.07 Å². The summed E-state index contributed by atoms with van der Waals surface area (Å²) in [5.41, 5.74) is 6.81. The summed E-state index contributed by atoms with van der Waals surface area (Å²) >= 11 is 1.87. The normalized spacial score (nSPS) is 12.4. The quantitative estimate of drug-likeness (QED) is 0.704. The van der Waals surface area contributed by atoms with E-state index in [0.29, 0.717) is 18.8 Å². The van der Waals surface area contributed by atoms with Crippen LogP contribution in [0.3, 0.4) is 0 Å². The predicted octanol–water partition coefficient (Wildman–Crippen LogP) is 3.63. The van der Waals surface area contributed by atoms with E-state index in [0.717, 1.165) is 29.9 Å². The lowest BCUT2D eigenvalue weighted by Gasteiger charge is -2.15. The fraction of sp³-hybridized carbons (Fsp3) is 0.600. The van der Waals surface area contributed by atoms with E-state index >= 15 is 0 Å². The fourth-order valence-electron chi connectivity index (χ4n) is 1.78. The van der Waals surface area contributed by atoms with Crippen LogP contribution in [0.15, 0.2) is 18.2 Å². The third-order valence-corrected chi connectivity index (χ3v) is 3.92. The number of nitrogens with two attached hydrogens (primary N) is 1. The summed E-state index contributed by atoms with van der Waals surface area (Å²) in [6, 6.07) is 5.11. The van der Waals surface area contributed by atoms with Crippen molar-refractivity contribution in [2.24, 2.45) is 5.73 Å². The van der Waals surface area contributed by atoms with Gasteiger partial charge in [0.2, 0.25) is 0 Å². The Hall–Kier alpha value is -0.740. The number of hydrogen-bond donors (Lipinski definition) is 1. The molecule has 0 fully saturated rings. The lowest BCUT2D eigenvalue weighted by molar-refractivity contribution is 0.298. The van der Waals surface area contributed by atoms with Gasteiger partial charge in [0.1, 0.15) is 0 Å². The van der Waals surface area contributed by atoms with Crippen LogP contribution in [0.25, 0.3) is 0 Å². The van der Waals surface area contributed by atoms with E-state index in [-0.39, 0.29) is 11.9 Å². The van der Waals surface area contributed by atoms with Crippen molar-refractivity contribution in [2.45, 2.75) is 39.2 Å². The third kappa shape index (κ3) is 5.83. The first-order valence-electron chi connectivity index (χ1n) is 6.92. The first kappa shape index (κ1) is 16.3. The lowest BCUT2D eigenvalue weighted by Crippen LogP contribution is -2.22. The Labute approximate surface area is 119 Å². The smallest absolute Gasteiger partial charge is 0.165 e. The summed E-state index contributed by atoms with van der Waals surface area (Å²) in [5, 5.41) is 0. The van der Waals surface area contributed by atoms with E-state index in [2.05, 4.69) is 6.92 Å². The van der Waals surface area contributed by atoms with Gasteiger partial charge in [-0.1, -0.05) is 26.0 Å². The van der Waals surface area contributed by atoms with Crippen molar-refractivity contribution < 1.29 is 9.13 Å². The largest absolute Gasteiger partial charge is 0.490 e. The molecule has 0 radical (unpaired) electrons. The minimum atomic E-state index is -0.288. The van der Waals surface area contributed by atoms with Crippen molar-refractivity contribution in [3.05, 3.63) is 29.6 Å². The molecule has 108 valence electrons. The second-order valence-electron chi connectivity index (χ2n) is 4.50. The molecule has 0 aliphatic rings. The van der Waals surface area contributed by atoms with Crippen molar-refractivity contribution in [1.82, 2.24) is 0 Å². The number of para-hydroxylation sites is 1. The van der Waals surface area contributed by atoms with Gasteiger partial charge in [0, 0.05) is 6.04 Å². The Morgan fingerprint density at radius 1 is 1.37 bits per heavy atom. The third-order valence-electron chi connectivity index (χ3n) is 2.94. The van der Waals surface area contributed by atoms with Gasteiger partial charge in [-0.05, 0) is 42.4 Å². The molecule has 1 rings (SSSR count). The van der Waals surface area contributed by atoms with E-state index in [1.54, 1.807) is 6.07 Å². The van der Waals surface area contributed by atoms with Crippen LogP contribution < -0.4 is 10.5 Å². The lowest BCUT2D eigenvalue weighted by atomic mass is 10.0. The monoisotopic (exact) mass is 285 g/mol. The zero-order valence-electron chi connectivity index (χ0n) is 11.8. The molecule has 0 amide bonds. The van der Waals surface area contributed by atoms with Crippen LogP contribution in [0, 0.1) is 5.82 Å². The molecule has 0 aromatic heterocycles. The highest BCUT2D eigenvalue weighted by Gasteiger charge is 2.12. The molecular weight excluding hydrogens is 261 g/mol. The molecule has 1 aromatic rings. The first-order valence-corrected chi connectivity index (χ1v) is 8.08. The molecule has 0 saturated carbocycles. The molecule has 1 atom stereocenters. The van der Waals surface area contributed by atoms with Crippen molar-refractivity contribution in [1.29, 1.82) is 0 Å². The van der Waals surface area contributed by atoms with Gasteiger partial charge in [-0.2, -0.15) is 11.8 Å². The molecule has 0 aliphatic carbocycles. The highest BCUT2D eigenvalue weighted by Crippen LogP contribution is 2.24. The Kier molecular flexibility index (Phi) is 7.91. The molecule has 0 heterocycles. The second-order valence-corrected chi connectivity index (χ2v) is 5.89. The van der Waals surface area contributed by atoms with Crippen LogP contribution in [-0.4, -0.2) is 24.2 Å². The van der Waals surface area contributed by atoms with E-state index in [1.807, 2.05) is 24.8 Å².